The molecule has 0 unspecified atom stereocenters. The number of hydrogen-bond acceptors (Lipinski definition) is 0. The van der Waals surface area contributed by atoms with E-state index in [1.807, 2.05) is 0 Å². The van der Waals surface area contributed by atoms with Crippen molar-refractivity contribution >= 4 is 0 Å². The summed E-state index contributed by atoms with van der Waals surface area (Å²) >= 11 is 0. The first kappa shape index (κ1) is 18.4. The molecule has 0 radical (unpaired) electrons. The molecule has 0 bridgehead atoms. The molecule has 0 aliphatic carbocycles. The lowest BCUT2D eigenvalue weighted by atomic mass is 9.86. The van der Waals surface area contributed by atoms with Crippen molar-refractivity contribution in [3.05, 3.63) is 0 Å². The molecular weight excluding hydrogens is 192 g/mol. The third-order valence-corrected chi connectivity index (χ3v) is 2.41. The maximum absolute atomic E-state index is 2.29. The van der Waals surface area contributed by atoms with Gasteiger partial charge < -0.3 is 0 Å². The fraction of sp³-hybridized carbons (Fsp3) is 1.00. The maximum atomic E-state index is 2.29. The first-order valence-electron chi connectivity index (χ1n) is 7.19. The molecule has 0 heterocycles. The van der Waals surface area contributed by atoms with E-state index in [0.29, 0.717) is 5.41 Å². The van der Waals surface area contributed by atoms with Crippen LogP contribution in [0.15, 0.2) is 0 Å². The van der Waals surface area contributed by atoms with Crippen LogP contribution >= 0.6 is 0 Å². The number of rotatable bonds is 5. The van der Waals surface area contributed by atoms with E-state index in [1.165, 1.54) is 32.1 Å². The van der Waals surface area contributed by atoms with E-state index in [9.17, 15) is 0 Å². The molecule has 0 aromatic carbocycles. The summed E-state index contributed by atoms with van der Waals surface area (Å²) in [4.78, 5) is 0. The Hall–Kier alpha value is 0. The van der Waals surface area contributed by atoms with Crippen molar-refractivity contribution < 1.29 is 0 Å². The molecule has 0 fully saturated rings. The van der Waals surface area contributed by atoms with Gasteiger partial charge in [-0.05, 0) is 23.7 Å². The zero-order chi connectivity index (χ0) is 13.2. The van der Waals surface area contributed by atoms with Crippen molar-refractivity contribution in [3.8, 4) is 0 Å². The van der Waals surface area contributed by atoms with E-state index in [2.05, 4.69) is 55.4 Å². The summed E-state index contributed by atoms with van der Waals surface area (Å²) in [6.07, 6.45) is 6.93. The highest BCUT2D eigenvalue weighted by Gasteiger charge is 2.11. The third kappa shape index (κ3) is 23.7. The Balaban J connectivity index is 0. The maximum Gasteiger partial charge on any atom is -0.0380 e. The van der Waals surface area contributed by atoms with Crippen molar-refractivity contribution in [1.29, 1.82) is 0 Å². The van der Waals surface area contributed by atoms with Gasteiger partial charge in [-0.1, -0.05) is 81.1 Å². The zero-order valence-corrected chi connectivity index (χ0v) is 13.2. The lowest BCUT2D eigenvalue weighted by Gasteiger charge is -2.19. The summed E-state index contributed by atoms with van der Waals surface area (Å²) < 4.78 is 0. The quantitative estimate of drug-likeness (QED) is 0.484. The van der Waals surface area contributed by atoms with Crippen LogP contribution in [0, 0.1) is 17.3 Å². The van der Waals surface area contributed by atoms with Crippen molar-refractivity contribution in [2.45, 2.75) is 87.5 Å². The van der Waals surface area contributed by atoms with Gasteiger partial charge in [-0.15, -0.1) is 0 Å². The van der Waals surface area contributed by atoms with Crippen LogP contribution in [-0.4, -0.2) is 0 Å². The van der Waals surface area contributed by atoms with Crippen LogP contribution < -0.4 is 0 Å². The molecule has 0 aliphatic heterocycles. The van der Waals surface area contributed by atoms with Gasteiger partial charge in [0.25, 0.3) is 0 Å². The van der Waals surface area contributed by atoms with Gasteiger partial charge in [0.1, 0.15) is 0 Å². The minimum atomic E-state index is 0.522. The summed E-state index contributed by atoms with van der Waals surface area (Å²) in [6, 6.07) is 0. The molecule has 0 aromatic rings. The van der Waals surface area contributed by atoms with Crippen molar-refractivity contribution in [3.63, 3.8) is 0 Å². The van der Waals surface area contributed by atoms with Gasteiger partial charge in [0.15, 0.2) is 0 Å². The molecule has 100 valence electrons. The molecule has 0 atom stereocenters. The number of hydrogen-bond donors (Lipinski definition) is 0. The highest BCUT2D eigenvalue weighted by Crippen LogP contribution is 2.23. The molecule has 0 amide bonds. The van der Waals surface area contributed by atoms with Gasteiger partial charge in [0.05, 0.1) is 0 Å². The molecule has 0 aliphatic rings. The molecule has 0 N–H and O–H groups in total. The van der Waals surface area contributed by atoms with Crippen LogP contribution in [0.25, 0.3) is 0 Å². The van der Waals surface area contributed by atoms with E-state index < -0.39 is 0 Å². The van der Waals surface area contributed by atoms with Crippen molar-refractivity contribution in [2.75, 3.05) is 0 Å². The monoisotopic (exact) mass is 228 g/mol. The molecule has 0 nitrogen and oxygen atoms in total. The largest absolute Gasteiger partial charge is 0.0654 e. The van der Waals surface area contributed by atoms with Crippen LogP contribution in [0.3, 0.4) is 0 Å². The van der Waals surface area contributed by atoms with E-state index in [1.54, 1.807) is 0 Å². The van der Waals surface area contributed by atoms with E-state index in [-0.39, 0.29) is 0 Å². The van der Waals surface area contributed by atoms with Gasteiger partial charge in [0, 0.05) is 0 Å². The predicted molar refractivity (Wildman–Crippen MR) is 77.9 cm³/mol. The van der Waals surface area contributed by atoms with E-state index >= 15 is 0 Å². The summed E-state index contributed by atoms with van der Waals surface area (Å²) in [6.45, 7) is 18.2. The second-order valence-corrected chi connectivity index (χ2v) is 7.05. The standard InChI is InChI=1S/2C8H18/c1-7(2)6-8(3,4)5;1-4-5-6-7-8(2)3/h7H,6H2,1-5H3;8H,4-7H2,1-3H3. The summed E-state index contributed by atoms with van der Waals surface area (Å²) in [7, 11) is 0. The van der Waals surface area contributed by atoms with Gasteiger partial charge in [-0.2, -0.15) is 0 Å². The molecule has 0 saturated heterocycles. The minimum absolute atomic E-state index is 0.522. The highest BCUT2D eigenvalue weighted by atomic mass is 14.2. The van der Waals surface area contributed by atoms with Gasteiger partial charge in [0.2, 0.25) is 0 Å². The topological polar surface area (TPSA) is 0 Å². The molecule has 0 heteroatoms. The lowest BCUT2D eigenvalue weighted by Crippen LogP contribution is -2.08. The Morgan fingerprint density at radius 1 is 0.812 bits per heavy atom. The molecular formula is C16H36. The zero-order valence-electron chi connectivity index (χ0n) is 13.2. The second kappa shape index (κ2) is 10.2. The first-order chi connectivity index (χ1) is 7.19. The van der Waals surface area contributed by atoms with Crippen LogP contribution in [-0.2, 0) is 0 Å². The van der Waals surface area contributed by atoms with Crippen LogP contribution in [0.5, 0.6) is 0 Å². The first-order valence-corrected chi connectivity index (χ1v) is 7.19. The predicted octanol–water partition coefficient (Wildman–Crippen LogP) is 6.30. The fourth-order valence-corrected chi connectivity index (χ4v) is 2.03. The molecule has 16 heavy (non-hydrogen) atoms. The lowest BCUT2D eigenvalue weighted by molar-refractivity contribution is 0.320. The fourth-order valence-electron chi connectivity index (χ4n) is 2.03. The Morgan fingerprint density at radius 3 is 1.50 bits per heavy atom. The van der Waals surface area contributed by atoms with Crippen LogP contribution in [0.1, 0.15) is 87.5 Å². The van der Waals surface area contributed by atoms with E-state index in [4.69, 9.17) is 0 Å². The minimum Gasteiger partial charge on any atom is -0.0654 e. The SMILES string of the molecule is CC(C)CC(C)(C)C.CCCCCC(C)C. The summed E-state index contributed by atoms with van der Waals surface area (Å²) in [5.41, 5.74) is 0.522. The molecule has 0 saturated carbocycles. The number of unbranched alkanes of at least 4 members (excludes halogenated alkanes) is 2. The third-order valence-electron chi connectivity index (χ3n) is 2.41. The molecule has 0 spiro atoms. The second-order valence-electron chi connectivity index (χ2n) is 7.05. The average molecular weight is 228 g/mol. The Kier molecular flexibility index (Phi) is 11.7. The van der Waals surface area contributed by atoms with Crippen molar-refractivity contribution in [1.82, 2.24) is 0 Å². The smallest absolute Gasteiger partial charge is 0.0380 e. The Bertz CT molecular complexity index is 125. The van der Waals surface area contributed by atoms with E-state index in [0.717, 1.165) is 11.8 Å². The highest BCUT2D eigenvalue weighted by molar-refractivity contribution is 4.62. The molecule has 0 rings (SSSR count). The van der Waals surface area contributed by atoms with Gasteiger partial charge in [-0.25, -0.2) is 0 Å². The molecule has 0 aromatic heterocycles. The summed E-state index contributed by atoms with van der Waals surface area (Å²) in [5.74, 6) is 1.75. The Labute approximate surface area is 105 Å². The Morgan fingerprint density at radius 2 is 1.31 bits per heavy atom. The van der Waals surface area contributed by atoms with Crippen LogP contribution in [0.4, 0.5) is 0 Å². The van der Waals surface area contributed by atoms with Gasteiger partial charge in [-0.3, -0.25) is 0 Å². The summed E-state index contributed by atoms with van der Waals surface area (Å²) in [5, 5.41) is 0. The van der Waals surface area contributed by atoms with Crippen molar-refractivity contribution in [2.24, 2.45) is 17.3 Å². The normalized spacial score (nSPS) is 11.6. The van der Waals surface area contributed by atoms with Crippen LogP contribution in [0.2, 0.25) is 0 Å². The average Bonchev–Trinajstić information content (AvgIpc) is 2.00. The van der Waals surface area contributed by atoms with Gasteiger partial charge >= 0.3 is 0 Å².